The van der Waals surface area contributed by atoms with Gasteiger partial charge in [0.15, 0.2) is 0 Å². The van der Waals surface area contributed by atoms with Crippen LogP contribution < -0.4 is 4.74 Å². The van der Waals surface area contributed by atoms with Crippen LogP contribution in [0.3, 0.4) is 0 Å². The molecule has 0 saturated heterocycles. The second-order valence-electron chi connectivity index (χ2n) is 3.81. The number of hydrogen-bond donors (Lipinski definition) is 1. The largest absolute Gasteiger partial charge is 0.497 e. The number of methoxy groups -OCH3 is 1. The molecule has 0 bridgehead atoms. The third kappa shape index (κ3) is 3.13. The van der Waals surface area contributed by atoms with Gasteiger partial charge in [-0.2, -0.15) is 0 Å². The standard InChI is InChI=1S/C16H14O2/c1-18-15-10-7-13(8-11-15)9-12-16(17)14-5-3-2-4-6-14/h2-8,10-11,16-17H,1H3. The summed E-state index contributed by atoms with van der Waals surface area (Å²) in [6, 6.07) is 16.8. The van der Waals surface area contributed by atoms with Gasteiger partial charge >= 0.3 is 0 Å². The molecule has 2 aromatic carbocycles. The highest BCUT2D eigenvalue weighted by atomic mass is 16.5. The third-order valence-corrected chi connectivity index (χ3v) is 2.56. The van der Waals surface area contributed by atoms with Gasteiger partial charge in [0.25, 0.3) is 0 Å². The molecule has 0 heterocycles. The van der Waals surface area contributed by atoms with Gasteiger partial charge in [0.2, 0.25) is 0 Å². The van der Waals surface area contributed by atoms with Crippen molar-refractivity contribution in [2.24, 2.45) is 0 Å². The van der Waals surface area contributed by atoms with Crippen molar-refractivity contribution in [3.05, 3.63) is 65.7 Å². The lowest BCUT2D eigenvalue weighted by molar-refractivity contribution is 0.238. The molecule has 0 aliphatic carbocycles. The molecular formula is C16H14O2. The van der Waals surface area contributed by atoms with E-state index in [1.54, 1.807) is 7.11 Å². The first-order valence-electron chi connectivity index (χ1n) is 5.68. The van der Waals surface area contributed by atoms with E-state index in [-0.39, 0.29) is 0 Å². The van der Waals surface area contributed by atoms with Crippen molar-refractivity contribution in [3.8, 4) is 17.6 Å². The maximum Gasteiger partial charge on any atom is 0.140 e. The normalized spacial score (nSPS) is 11.2. The zero-order valence-corrected chi connectivity index (χ0v) is 10.1. The maximum absolute atomic E-state index is 9.88. The SMILES string of the molecule is COc1ccc(C#CC(O)c2ccccc2)cc1. The van der Waals surface area contributed by atoms with E-state index in [9.17, 15) is 5.11 Å². The lowest BCUT2D eigenvalue weighted by Gasteiger charge is -2.02. The number of rotatable bonds is 2. The fourth-order valence-corrected chi connectivity index (χ4v) is 1.54. The zero-order valence-electron chi connectivity index (χ0n) is 10.1. The fraction of sp³-hybridized carbons (Fsp3) is 0.125. The van der Waals surface area contributed by atoms with Gasteiger partial charge in [-0.3, -0.25) is 0 Å². The molecule has 0 spiro atoms. The summed E-state index contributed by atoms with van der Waals surface area (Å²) in [5, 5.41) is 9.88. The molecule has 0 aliphatic heterocycles. The van der Waals surface area contributed by atoms with Crippen LogP contribution in [-0.2, 0) is 0 Å². The Morgan fingerprint density at radius 3 is 2.28 bits per heavy atom. The van der Waals surface area contributed by atoms with Crippen LogP contribution in [0, 0.1) is 11.8 Å². The highest BCUT2D eigenvalue weighted by molar-refractivity contribution is 5.39. The lowest BCUT2D eigenvalue weighted by Crippen LogP contribution is -1.92. The van der Waals surface area contributed by atoms with Crippen LogP contribution in [-0.4, -0.2) is 12.2 Å². The van der Waals surface area contributed by atoms with Gasteiger partial charge in [-0.1, -0.05) is 42.2 Å². The zero-order chi connectivity index (χ0) is 12.8. The van der Waals surface area contributed by atoms with Gasteiger partial charge < -0.3 is 9.84 Å². The van der Waals surface area contributed by atoms with Crippen molar-refractivity contribution in [1.82, 2.24) is 0 Å². The molecule has 2 rings (SSSR count). The molecule has 2 heteroatoms. The molecule has 0 saturated carbocycles. The summed E-state index contributed by atoms with van der Waals surface area (Å²) in [5.74, 6) is 6.55. The average Bonchev–Trinajstić information content (AvgIpc) is 2.46. The van der Waals surface area contributed by atoms with E-state index in [0.717, 1.165) is 16.9 Å². The molecule has 2 aromatic rings. The van der Waals surface area contributed by atoms with Crippen molar-refractivity contribution in [2.45, 2.75) is 6.10 Å². The van der Waals surface area contributed by atoms with E-state index in [4.69, 9.17) is 4.74 Å². The van der Waals surface area contributed by atoms with Crippen molar-refractivity contribution in [1.29, 1.82) is 0 Å². The summed E-state index contributed by atoms with van der Waals surface area (Å²) in [4.78, 5) is 0. The molecule has 0 radical (unpaired) electrons. The van der Waals surface area contributed by atoms with Crippen LogP contribution in [0.15, 0.2) is 54.6 Å². The second kappa shape index (κ2) is 5.90. The summed E-state index contributed by atoms with van der Waals surface area (Å²) in [5.41, 5.74) is 1.66. The van der Waals surface area contributed by atoms with Gasteiger partial charge in [0.1, 0.15) is 11.9 Å². The van der Waals surface area contributed by atoms with Gasteiger partial charge in [0, 0.05) is 5.56 Å². The van der Waals surface area contributed by atoms with Crippen molar-refractivity contribution >= 4 is 0 Å². The maximum atomic E-state index is 9.88. The van der Waals surface area contributed by atoms with E-state index >= 15 is 0 Å². The molecule has 1 atom stereocenters. The molecule has 1 unspecified atom stereocenters. The highest BCUT2D eigenvalue weighted by Gasteiger charge is 2.00. The van der Waals surface area contributed by atoms with Gasteiger partial charge in [-0.25, -0.2) is 0 Å². The van der Waals surface area contributed by atoms with Crippen LogP contribution in [0.2, 0.25) is 0 Å². The molecular weight excluding hydrogens is 224 g/mol. The molecule has 0 aromatic heterocycles. The Morgan fingerprint density at radius 1 is 1.00 bits per heavy atom. The predicted molar refractivity (Wildman–Crippen MR) is 71.3 cm³/mol. The Labute approximate surface area is 107 Å². The van der Waals surface area contributed by atoms with Crippen LogP contribution in [0.5, 0.6) is 5.75 Å². The summed E-state index contributed by atoms with van der Waals surface area (Å²) in [6.45, 7) is 0. The number of ether oxygens (including phenoxy) is 1. The number of aliphatic hydroxyl groups excluding tert-OH is 1. The van der Waals surface area contributed by atoms with E-state index < -0.39 is 6.10 Å². The van der Waals surface area contributed by atoms with Crippen molar-refractivity contribution in [3.63, 3.8) is 0 Å². The quantitative estimate of drug-likeness (QED) is 0.815. The first kappa shape index (κ1) is 12.2. The smallest absolute Gasteiger partial charge is 0.140 e. The Kier molecular flexibility index (Phi) is 4.01. The van der Waals surface area contributed by atoms with E-state index in [0.29, 0.717) is 0 Å². The van der Waals surface area contributed by atoms with E-state index in [1.165, 1.54) is 0 Å². The van der Waals surface area contributed by atoms with E-state index in [1.807, 2.05) is 54.6 Å². The highest BCUT2D eigenvalue weighted by Crippen LogP contribution is 2.12. The monoisotopic (exact) mass is 238 g/mol. The predicted octanol–water partition coefficient (Wildman–Crippen LogP) is 2.78. The van der Waals surface area contributed by atoms with Gasteiger partial charge in [-0.05, 0) is 29.8 Å². The Balaban J connectivity index is 2.11. The first-order valence-corrected chi connectivity index (χ1v) is 5.68. The van der Waals surface area contributed by atoms with Crippen LogP contribution in [0.25, 0.3) is 0 Å². The summed E-state index contributed by atoms with van der Waals surface area (Å²) in [7, 11) is 1.62. The Morgan fingerprint density at radius 2 is 1.67 bits per heavy atom. The Bertz CT molecular complexity index is 547. The molecule has 0 fully saturated rings. The number of benzene rings is 2. The minimum Gasteiger partial charge on any atom is -0.497 e. The topological polar surface area (TPSA) is 29.5 Å². The van der Waals surface area contributed by atoms with Gasteiger partial charge in [0.05, 0.1) is 7.11 Å². The fourth-order valence-electron chi connectivity index (χ4n) is 1.54. The average molecular weight is 238 g/mol. The van der Waals surface area contributed by atoms with Crippen LogP contribution in [0.4, 0.5) is 0 Å². The second-order valence-corrected chi connectivity index (χ2v) is 3.81. The third-order valence-electron chi connectivity index (χ3n) is 2.56. The van der Waals surface area contributed by atoms with Gasteiger partial charge in [-0.15, -0.1) is 0 Å². The van der Waals surface area contributed by atoms with Crippen molar-refractivity contribution in [2.75, 3.05) is 7.11 Å². The summed E-state index contributed by atoms with van der Waals surface area (Å²) >= 11 is 0. The van der Waals surface area contributed by atoms with Crippen LogP contribution >= 0.6 is 0 Å². The van der Waals surface area contributed by atoms with Crippen LogP contribution in [0.1, 0.15) is 17.2 Å². The number of aliphatic hydroxyl groups is 1. The summed E-state index contributed by atoms with van der Waals surface area (Å²) < 4.78 is 5.07. The molecule has 1 N–H and O–H groups in total. The van der Waals surface area contributed by atoms with E-state index in [2.05, 4.69) is 11.8 Å². The molecule has 2 nitrogen and oxygen atoms in total. The minimum atomic E-state index is -0.756. The molecule has 0 amide bonds. The minimum absolute atomic E-state index is 0.756. The summed E-state index contributed by atoms with van der Waals surface area (Å²) in [6.07, 6.45) is -0.756. The number of hydrogen-bond acceptors (Lipinski definition) is 2. The van der Waals surface area contributed by atoms with Crippen molar-refractivity contribution < 1.29 is 9.84 Å². The molecule has 0 aliphatic rings. The molecule has 18 heavy (non-hydrogen) atoms. The Hall–Kier alpha value is -2.24. The molecule has 90 valence electrons. The first-order chi connectivity index (χ1) is 8.79. The lowest BCUT2D eigenvalue weighted by atomic mass is 10.1.